The third-order valence-electron chi connectivity index (χ3n) is 4.78. The predicted octanol–water partition coefficient (Wildman–Crippen LogP) is 4.14. The Hall–Kier alpha value is -3.21. The lowest BCUT2D eigenvalue weighted by atomic mass is 10.0. The van der Waals surface area contributed by atoms with Gasteiger partial charge in [-0.25, -0.2) is 4.79 Å². The first-order chi connectivity index (χ1) is 13.5. The number of carbonyl (C=O) groups is 2. The zero-order valence-electron chi connectivity index (χ0n) is 16.4. The fraction of sp³-hybridized carbons (Fsp3) is 0.261. The van der Waals surface area contributed by atoms with E-state index in [0.717, 1.165) is 22.0 Å². The maximum Gasteiger partial charge on any atom is 0.340 e. The number of hydrogen-bond donors (Lipinski definition) is 1. The van der Waals surface area contributed by atoms with Gasteiger partial charge in [-0.1, -0.05) is 55.5 Å². The average Bonchev–Trinajstić information content (AvgIpc) is 2.72. The van der Waals surface area contributed by atoms with Crippen LogP contribution in [-0.2, 0) is 16.0 Å². The predicted molar refractivity (Wildman–Crippen MR) is 109 cm³/mol. The lowest BCUT2D eigenvalue weighted by Crippen LogP contribution is -2.31. The number of fused-ring (bicyclic) bond motifs is 1. The lowest BCUT2D eigenvalue weighted by Gasteiger charge is -2.15. The standard InChI is InChI=1S/C23H24N2O3/c1-4-19-22(15(2)18-12-8-9-13-20(18)25-19)23(27)28-14-21(26)24-16(3)17-10-6-5-7-11-17/h5-13,16H,4,14H2,1-3H3,(H,24,26)/t16-/m1/s1. The summed E-state index contributed by atoms with van der Waals surface area (Å²) in [4.78, 5) is 29.5. The second-order valence-corrected chi connectivity index (χ2v) is 6.71. The first kappa shape index (κ1) is 19.5. The van der Waals surface area contributed by atoms with Crippen LogP contribution in [0.3, 0.4) is 0 Å². The Labute approximate surface area is 164 Å². The summed E-state index contributed by atoms with van der Waals surface area (Å²) in [6.45, 7) is 5.39. The summed E-state index contributed by atoms with van der Waals surface area (Å²) in [5, 5.41) is 3.75. The molecule has 0 aliphatic rings. The van der Waals surface area contributed by atoms with Gasteiger partial charge in [0, 0.05) is 5.39 Å². The van der Waals surface area contributed by atoms with Gasteiger partial charge < -0.3 is 10.1 Å². The Morgan fingerprint density at radius 3 is 2.46 bits per heavy atom. The molecule has 3 aromatic rings. The van der Waals surface area contributed by atoms with E-state index < -0.39 is 5.97 Å². The highest BCUT2D eigenvalue weighted by atomic mass is 16.5. The number of para-hydroxylation sites is 1. The number of amides is 1. The van der Waals surface area contributed by atoms with Gasteiger partial charge >= 0.3 is 5.97 Å². The van der Waals surface area contributed by atoms with Crippen LogP contribution < -0.4 is 5.32 Å². The highest BCUT2D eigenvalue weighted by molar-refractivity contribution is 5.99. The van der Waals surface area contributed by atoms with Crippen molar-refractivity contribution in [3.63, 3.8) is 0 Å². The van der Waals surface area contributed by atoms with Crippen LogP contribution in [-0.4, -0.2) is 23.5 Å². The van der Waals surface area contributed by atoms with Crippen LogP contribution >= 0.6 is 0 Å². The minimum absolute atomic E-state index is 0.164. The minimum atomic E-state index is -0.518. The van der Waals surface area contributed by atoms with Crippen LogP contribution in [0.4, 0.5) is 0 Å². The van der Waals surface area contributed by atoms with Gasteiger partial charge in [-0.05, 0) is 37.5 Å². The molecule has 1 aromatic heterocycles. The summed E-state index contributed by atoms with van der Waals surface area (Å²) in [6, 6.07) is 17.2. The highest BCUT2D eigenvalue weighted by Crippen LogP contribution is 2.24. The number of nitrogens with one attached hydrogen (secondary N) is 1. The van der Waals surface area contributed by atoms with E-state index in [4.69, 9.17) is 4.74 Å². The molecule has 2 aromatic carbocycles. The van der Waals surface area contributed by atoms with Gasteiger partial charge in [0.25, 0.3) is 5.91 Å². The monoisotopic (exact) mass is 376 g/mol. The summed E-state index contributed by atoms with van der Waals surface area (Å²) in [6.07, 6.45) is 0.605. The number of nitrogens with zero attached hydrogens (tertiary/aromatic N) is 1. The fourth-order valence-electron chi connectivity index (χ4n) is 3.28. The molecule has 28 heavy (non-hydrogen) atoms. The van der Waals surface area contributed by atoms with E-state index in [1.807, 2.05) is 75.4 Å². The number of hydrogen-bond acceptors (Lipinski definition) is 4. The van der Waals surface area contributed by atoms with E-state index in [0.29, 0.717) is 17.7 Å². The molecule has 0 aliphatic heterocycles. The molecular weight excluding hydrogens is 352 g/mol. The Kier molecular flexibility index (Phi) is 6.04. The molecule has 0 radical (unpaired) electrons. The van der Waals surface area contributed by atoms with Crippen molar-refractivity contribution in [2.45, 2.75) is 33.2 Å². The van der Waals surface area contributed by atoms with Crippen LogP contribution in [0.5, 0.6) is 0 Å². The maximum atomic E-state index is 12.7. The summed E-state index contributed by atoms with van der Waals surface area (Å²) < 4.78 is 5.31. The fourth-order valence-corrected chi connectivity index (χ4v) is 3.28. The minimum Gasteiger partial charge on any atom is -0.452 e. The molecule has 0 saturated carbocycles. The first-order valence-corrected chi connectivity index (χ1v) is 9.41. The molecule has 0 fully saturated rings. The van der Waals surface area contributed by atoms with E-state index in [1.165, 1.54) is 0 Å². The molecular formula is C23H24N2O3. The Morgan fingerprint density at radius 1 is 1.07 bits per heavy atom. The number of pyridine rings is 1. The van der Waals surface area contributed by atoms with Crippen molar-refractivity contribution >= 4 is 22.8 Å². The number of carbonyl (C=O) groups excluding carboxylic acids is 2. The normalized spacial score (nSPS) is 11.8. The van der Waals surface area contributed by atoms with Gasteiger partial charge in [0.15, 0.2) is 6.61 Å². The molecule has 1 N–H and O–H groups in total. The first-order valence-electron chi connectivity index (χ1n) is 9.41. The molecule has 0 bridgehead atoms. The molecule has 144 valence electrons. The van der Waals surface area contributed by atoms with E-state index >= 15 is 0 Å². The molecule has 1 amide bonds. The van der Waals surface area contributed by atoms with Crippen molar-refractivity contribution in [2.75, 3.05) is 6.61 Å². The molecule has 5 nitrogen and oxygen atoms in total. The summed E-state index contributed by atoms with van der Waals surface area (Å²) in [5.74, 6) is -0.857. The van der Waals surface area contributed by atoms with E-state index in [2.05, 4.69) is 10.3 Å². The summed E-state index contributed by atoms with van der Waals surface area (Å²) in [7, 11) is 0. The largest absolute Gasteiger partial charge is 0.452 e. The van der Waals surface area contributed by atoms with Gasteiger partial charge in [0.05, 0.1) is 22.8 Å². The van der Waals surface area contributed by atoms with Gasteiger partial charge in [-0.3, -0.25) is 9.78 Å². The van der Waals surface area contributed by atoms with Crippen molar-refractivity contribution < 1.29 is 14.3 Å². The third kappa shape index (κ3) is 4.19. The Bertz CT molecular complexity index is 999. The summed E-state index contributed by atoms with van der Waals surface area (Å²) in [5.41, 5.74) is 3.79. The second-order valence-electron chi connectivity index (χ2n) is 6.71. The Morgan fingerprint density at radius 2 is 1.75 bits per heavy atom. The highest BCUT2D eigenvalue weighted by Gasteiger charge is 2.20. The topological polar surface area (TPSA) is 68.3 Å². The second kappa shape index (κ2) is 8.65. The van der Waals surface area contributed by atoms with Crippen molar-refractivity contribution in [1.29, 1.82) is 0 Å². The molecule has 1 heterocycles. The number of benzene rings is 2. The molecule has 0 saturated heterocycles. The van der Waals surface area contributed by atoms with Gasteiger partial charge in [0.1, 0.15) is 0 Å². The number of ether oxygens (including phenoxy) is 1. The number of rotatable bonds is 6. The third-order valence-corrected chi connectivity index (χ3v) is 4.78. The van der Waals surface area contributed by atoms with Crippen LogP contribution in [0.15, 0.2) is 54.6 Å². The van der Waals surface area contributed by atoms with Gasteiger partial charge in [-0.15, -0.1) is 0 Å². The zero-order chi connectivity index (χ0) is 20.1. The van der Waals surface area contributed by atoms with Crippen molar-refractivity contribution in [2.24, 2.45) is 0 Å². The number of aryl methyl sites for hydroxylation is 2. The SMILES string of the molecule is CCc1nc2ccccc2c(C)c1C(=O)OCC(=O)N[C@H](C)c1ccccc1. The van der Waals surface area contributed by atoms with Crippen LogP contribution in [0.2, 0.25) is 0 Å². The van der Waals surface area contributed by atoms with Gasteiger partial charge in [0.2, 0.25) is 0 Å². The summed E-state index contributed by atoms with van der Waals surface area (Å²) >= 11 is 0. The molecule has 0 spiro atoms. The van der Waals surface area contributed by atoms with Crippen molar-refractivity contribution in [3.8, 4) is 0 Å². The van der Waals surface area contributed by atoms with Crippen molar-refractivity contribution in [1.82, 2.24) is 10.3 Å². The maximum absolute atomic E-state index is 12.7. The van der Waals surface area contributed by atoms with E-state index in [1.54, 1.807) is 0 Å². The van der Waals surface area contributed by atoms with Crippen LogP contribution in [0.1, 0.15) is 47.1 Å². The molecule has 0 unspecified atom stereocenters. The Balaban J connectivity index is 1.71. The van der Waals surface area contributed by atoms with Crippen LogP contribution in [0, 0.1) is 6.92 Å². The number of aromatic nitrogens is 1. The molecule has 1 atom stereocenters. The number of esters is 1. The smallest absolute Gasteiger partial charge is 0.340 e. The van der Waals surface area contributed by atoms with E-state index in [-0.39, 0.29) is 18.6 Å². The lowest BCUT2D eigenvalue weighted by molar-refractivity contribution is -0.124. The molecule has 3 rings (SSSR count). The molecule has 5 heteroatoms. The average molecular weight is 376 g/mol. The quantitative estimate of drug-likeness (QED) is 0.657. The van der Waals surface area contributed by atoms with Gasteiger partial charge in [-0.2, -0.15) is 0 Å². The van der Waals surface area contributed by atoms with E-state index in [9.17, 15) is 9.59 Å². The van der Waals surface area contributed by atoms with Crippen LogP contribution in [0.25, 0.3) is 10.9 Å². The zero-order valence-corrected chi connectivity index (χ0v) is 16.4. The molecule has 0 aliphatic carbocycles. The van der Waals surface area contributed by atoms with Crippen molar-refractivity contribution in [3.05, 3.63) is 77.0 Å².